The van der Waals surface area contributed by atoms with Crippen molar-refractivity contribution in [3.8, 4) is 11.5 Å². The second-order valence-electron chi connectivity index (χ2n) is 12.5. The molecule has 4 rings (SSSR count). The van der Waals surface area contributed by atoms with Crippen molar-refractivity contribution in [2.24, 2.45) is 11.8 Å². The second-order valence-corrected chi connectivity index (χ2v) is 16.2. The highest BCUT2D eigenvalue weighted by Gasteiger charge is 2.44. The number of rotatable bonds is 18. The largest absolute Gasteiger partial charge is 0.497 e. The number of benzene rings is 2. The Kier molecular flexibility index (Phi) is 13.7. The van der Waals surface area contributed by atoms with Gasteiger partial charge >= 0.3 is 19.7 Å². The molecule has 2 aliphatic heterocycles. The number of nitrogens with one attached hydrogen (secondary N) is 1. The summed E-state index contributed by atoms with van der Waals surface area (Å²) in [6, 6.07) is 11.0. The second kappa shape index (κ2) is 17.3. The van der Waals surface area contributed by atoms with Gasteiger partial charge in [0.1, 0.15) is 17.6 Å². The maximum Gasteiger partial charge on any atom is 0.407 e. The van der Waals surface area contributed by atoms with E-state index in [1.807, 2.05) is 13.8 Å². The molecule has 2 unspecified atom stereocenters. The highest BCUT2D eigenvalue weighted by molar-refractivity contribution is 7.89. The van der Waals surface area contributed by atoms with Crippen LogP contribution < -0.4 is 14.8 Å². The van der Waals surface area contributed by atoms with Crippen molar-refractivity contribution >= 4 is 29.7 Å². The smallest absolute Gasteiger partial charge is 0.407 e. The van der Waals surface area contributed by atoms with Crippen LogP contribution in [-0.2, 0) is 44.5 Å². The van der Waals surface area contributed by atoms with E-state index in [9.17, 15) is 32.6 Å². The van der Waals surface area contributed by atoms with E-state index in [-0.39, 0.29) is 48.6 Å². The van der Waals surface area contributed by atoms with Gasteiger partial charge in [-0.25, -0.2) is 18.0 Å². The van der Waals surface area contributed by atoms with Crippen LogP contribution in [0.5, 0.6) is 11.5 Å². The Morgan fingerprint density at radius 1 is 1.04 bits per heavy atom. The van der Waals surface area contributed by atoms with Crippen LogP contribution in [0.2, 0.25) is 0 Å². The molecule has 7 atom stereocenters. The van der Waals surface area contributed by atoms with E-state index in [1.54, 1.807) is 12.1 Å². The molecule has 2 saturated heterocycles. The quantitative estimate of drug-likeness (QED) is 0.162. The van der Waals surface area contributed by atoms with Gasteiger partial charge in [0.15, 0.2) is 18.7 Å². The van der Waals surface area contributed by atoms with Crippen molar-refractivity contribution in [1.29, 1.82) is 0 Å². The number of carbonyl (C=O) groups is 2. The molecule has 18 heteroatoms. The number of amides is 1. The summed E-state index contributed by atoms with van der Waals surface area (Å²) in [5.74, 6) is -0.984. The van der Waals surface area contributed by atoms with Crippen molar-refractivity contribution in [3.05, 3.63) is 54.1 Å². The van der Waals surface area contributed by atoms with Gasteiger partial charge in [-0.1, -0.05) is 26.0 Å². The Bertz CT molecular complexity index is 1590. The molecule has 0 saturated carbocycles. The lowest BCUT2D eigenvalue weighted by molar-refractivity contribution is -0.144. The summed E-state index contributed by atoms with van der Waals surface area (Å²) in [6.07, 6.45) is -4.86. The molecule has 4 N–H and O–H groups in total. The van der Waals surface area contributed by atoms with Crippen LogP contribution >= 0.6 is 7.60 Å². The van der Waals surface area contributed by atoms with Gasteiger partial charge in [0.2, 0.25) is 10.0 Å². The summed E-state index contributed by atoms with van der Waals surface area (Å²) in [7, 11) is -7.00. The molecule has 0 spiro atoms. The topological polar surface area (TPSA) is 217 Å². The van der Waals surface area contributed by atoms with Gasteiger partial charge in [-0.2, -0.15) is 4.31 Å². The Morgan fingerprint density at radius 3 is 2.32 bits per heavy atom. The minimum atomic E-state index is -4.39. The molecule has 0 aliphatic carbocycles. The normalized spacial score (nSPS) is 22.0. The third-order valence-corrected chi connectivity index (χ3v) is 11.1. The number of carbonyl (C=O) groups excluding carboxylic acids is 1. The summed E-state index contributed by atoms with van der Waals surface area (Å²) >= 11 is 0. The molecule has 0 aromatic heterocycles. The maximum atomic E-state index is 13.8. The number of hydrogen-bond donors (Lipinski definition) is 4. The van der Waals surface area contributed by atoms with E-state index in [4.69, 9.17) is 28.8 Å². The van der Waals surface area contributed by atoms with Gasteiger partial charge < -0.3 is 44.1 Å². The fourth-order valence-corrected chi connectivity index (χ4v) is 8.10. The van der Waals surface area contributed by atoms with Gasteiger partial charge in [0.25, 0.3) is 0 Å². The molecule has 50 heavy (non-hydrogen) atoms. The Morgan fingerprint density at radius 2 is 1.70 bits per heavy atom. The van der Waals surface area contributed by atoms with Crippen molar-refractivity contribution in [3.63, 3.8) is 0 Å². The van der Waals surface area contributed by atoms with E-state index in [0.29, 0.717) is 24.3 Å². The zero-order valence-corrected chi connectivity index (χ0v) is 30.0. The van der Waals surface area contributed by atoms with Crippen LogP contribution in [0.1, 0.15) is 32.8 Å². The van der Waals surface area contributed by atoms with E-state index < -0.39 is 66.7 Å². The predicted molar refractivity (Wildman–Crippen MR) is 177 cm³/mol. The molecule has 0 bridgehead atoms. The minimum absolute atomic E-state index is 0.00970. The summed E-state index contributed by atoms with van der Waals surface area (Å²) in [5.41, 5.74) is 0.589. The summed E-state index contributed by atoms with van der Waals surface area (Å²) < 4.78 is 72.8. The molecule has 2 aromatic rings. The number of alkyl carbamates (subject to hydrolysis) is 1. The summed E-state index contributed by atoms with van der Waals surface area (Å²) in [5, 5.41) is 23.2. The number of methoxy groups -OCH3 is 1. The summed E-state index contributed by atoms with van der Waals surface area (Å²) in [4.78, 5) is 34.1. The van der Waals surface area contributed by atoms with E-state index in [2.05, 4.69) is 9.84 Å². The third-order valence-electron chi connectivity index (χ3n) is 8.11. The highest BCUT2D eigenvalue weighted by atomic mass is 32.2. The number of ether oxygens (including phenoxy) is 5. The Labute approximate surface area is 291 Å². The van der Waals surface area contributed by atoms with Crippen LogP contribution in [0.4, 0.5) is 4.79 Å². The minimum Gasteiger partial charge on any atom is -0.497 e. The lowest BCUT2D eigenvalue weighted by atomic mass is 10.0. The number of nitrogens with zero attached hydrogens (tertiary/aromatic N) is 1. The number of hydrogen-bond acceptors (Lipinski definition) is 12. The average Bonchev–Trinajstić information content (AvgIpc) is 3.68. The van der Waals surface area contributed by atoms with Crippen molar-refractivity contribution in [1.82, 2.24) is 9.62 Å². The van der Waals surface area contributed by atoms with Gasteiger partial charge in [-0.05, 0) is 67.6 Å². The first-order valence-corrected chi connectivity index (χ1v) is 19.3. The summed E-state index contributed by atoms with van der Waals surface area (Å²) in [6.45, 7) is 5.17. The monoisotopic (exact) mass is 744 g/mol. The van der Waals surface area contributed by atoms with Crippen molar-refractivity contribution in [2.75, 3.05) is 39.8 Å². The zero-order chi connectivity index (χ0) is 36.6. The van der Waals surface area contributed by atoms with Gasteiger partial charge in [0, 0.05) is 13.1 Å². The molecule has 278 valence electrons. The number of aliphatic hydroxyl groups excluding tert-OH is 1. The van der Waals surface area contributed by atoms with Crippen LogP contribution in [0.3, 0.4) is 0 Å². The Hall–Kier alpha value is -3.28. The number of aliphatic hydroxyl groups is 1. The number of sulfonamides is 1. The van der Waals surface area contributed by atoms with Gasteiger partial charge in [-0.3, -0.25) is 9.09 Å². The number of aliphatic carboxylic acids is 1. The highest BCUT2D eigenvalue weighted by Crippen LogP contribution is 2.43. The standard InChI is InChI=1S/C32H45N2O14PS/c1-20(2)16-34(50(41,42)25-11-9-23(43-4)10-12-25)17-28(35)27(33-32(38)47-29-18-45-31-26(29)13-14-44-31)15-22-5-7-24(8-6-22)46-19-49(39,40)48-21(3)30(36)37/h5-12,20-21,26-29,31,35H,13-19H2,1-4H3,(H,33,38)(H,36,37)(H,39,40)/t21-,26?,27+,28-,29+,31-/m1/s1. The molecule has 2 fully saturated rings. The Balaban J connectivity index is 1.50. The first kappa shape index (κ1) is 39.5. The van der Waals surface area contributed by atoms with Crippen molar-refractivity contribution < 1.29 is 65.9 Å². The first-order chi connectivity index (χ1) is 23.6. The fourth-order valence-electron chi connectivity index (χ4n) is 5.52. The molecule has 16 nitrogen and oxygen atoms in total. The zero-order valence-electron chi connectivity index (χ0n) is 28.2. The van der Waals surface area contributed by atoms with E-state index in [1.165, 1.54) is 47.8 Å². The number of fused-ring (bicyclic) bond motifs is 1. The van der Waals surface area contributed by atoms with Gasteiger partial charge in [0.05, 0.1) is 43.3 Å². The van der Waals surface area contributed by atoms with E-state index in [0.717, 1.165) is 6.92 Å². The lowest BCUT2D eigenvalue weighted by Crippen LogP contribution is -2.51. The fraction of sp³-hybridized carbons (Fsp3) is 0.562. The maximum absolute atomic E-state index is 13.8. The number of carboxylic acid groups (broad SMARTS) is 1. The molecule has 2 heterocycles. The van der Waals surface area contributed by atoms with Crippen LogP contribution in [0.15, 0.2) is 53.4 Å². The average molecular weight is 745 g/mol. The molecular weight excluding hydrogens is 699 g/mol. The van der Waals surface area contributed by atoms with Gasteiger partial charge in [-0.15, -0.1) is 0 Å². The molecule has 2 aromatic carbocycles. The lowest BCUT2D eigenvalue weighted by Gasteiger charge is -2.31. The third kappa shape index (κ3) is 10.9. The molecule has 1 amide bonds. The molecule has 2 aliphatic rings. The van der Waals surface area contributed by atoms with E-state index >= 15 is 0 Å². The van der Waals surface area contributed by atoms with Crippen LogP contribution in [-0.4, -0.2) is 110 Å². The van der Waals surface area contributed by atoms with Crippen LogP contribution in [0, 0.1) is 11.8 Å². The number of carboxylic acids is 1. The first-order valence-electron chi connectivity index (χ1n) is 16.1. The SMILES string of the molecule is COc1ccc(S(=O)(=O)N(CC(C)C)C[C@@H](O)[C@H](Cc2ccc(OCP(=O)(O)O[C@H](C)C(=O)O)cc2)NC(=O)O[C@H]2CO[C@H]3OCCC32)cc1. The van der Waals surface area contributed by atoms with Crippen LogP contribution in [0.25, 0.3) is 0 Å². The molecular formula is C32H45N2O14PS. The molecule has 0 radical (unpaired) electrons. The van der Waals surface area contributed by atoms with Crippen molar-refractivity contribution in [2.45, 2.75) is 69.2 Å². The predicted octanol–water partition coefficient (Wildman–Crippen LogP) is 2.81.